The number of hydrogen-bond acceptors (Lipinski definition) is 2. The summed E-state index contributed by atoms with van der Waals surface area (Å²) in [6.07, 6.45) is 0.994. The van der Waals surface area contributed by atoms with E-state index in [9.17, 15) is 0 Å². The van der Waals surface area contributed by atoms with E-state index in [1.54, 1.807) is 0 Å². The molecule has 2 rings (SSSR count). The van der Waals surface area contributed by atoms with Crippen molar-refractivity contribution in [2.45, 2.75) is 19.3 Å². The van der Waals surface area contributed by atoms with Crippen LogP contribution >= 0.6 is 0 Å². The molecule has 17 heavy (non-hydrogen) atoms. The van der Waals surface area contributed by atoms with Gasteiger partial charge in [0.2, 0.25) is 0 Å². The summed E-state index contributed by atoms with van der Waals surface area (Å²) in [4.78, 5) is 0. The molecule has 3 nitrogen and oxygen atoms in total. The lowest BCUT2D eigenvalue weighted by molar-refractivity contribution is 0.608. The van der Waals surface area contributed by atoms with Gasteiger partial charge in [0, 0.05) is 18.3 Å². The van der Waals surface area contributed by atoms with E-state index in [2.05, 4.69) is 30.2 Å². The lowest BCUT2D eigenvalue weighted by Crippen LogP contribution is -2.08. The molecule has 0 bridgehead atoms. The molecule has 2 N–H and O–H groups in total. The van der Waals surface area contributed by atoms with Crippen LogP contribution in [0, 0.1) is 0 Å². The molecule has 1 aromatic carbocycles. The molecule has 0 amide bonds. The number of nitrogens with zero attached hydrogens (tertiary/aromatic N) is 2. The fourth-order valence-electron chi connectivity index (χ4n) is 2.09. The average Bonchev–Trinajstić information content (AvgIpc) is 2.73. The van der Waals surface area contributed by atoms with Crippen LogP contribution in [0.15, 0.2) is 36.4 Å². The molecule has 90 valence electrons. The lowest BCUT2D eigenvalue weighted by Gasteiger charge is -2.09. The van der Waals surface area contributed by atoms with Crippen molar-refractivity contribution in [3.05, 3.63) is 42.1 Å². The minimum absolute atomic E-state index is 0.454. The molecule has 0 spiro atoms. The van der Waals surface area contributed by atoms with Gasteiger partial charge < -0.3 is 5.73 Å². The van der Waals surface area contributed by atoms with Gasteiger partial charge in [0.05, 0.1) is 5.69 Å². The molecule has 1 heterocycles. The molecule has 0 radical (unpaired) electrons. The van der Waals surface area contributed by atoms with Crippen molar-refractivity contribution >= 4 is 0 Å². The molecule has 0 saturated carbocycles. The van der Waals surface area contributed by atoms with E-state index in [0.717, 1.165) is 17.7 Å². The van der Waals surface area contributed by atoms with Crippen molar-refractivity contribution in [2.75, 3.05) is 6.54 Å². The number of rotatable bonds is 4. The second-order valence-corrected chi connectivity index (χ2v) is 4.42. The zero-order chi connectivity index (χ0) is 12.3. The maximum absolute atomic E-state index is 5.61. The maximum atomic E-state index is 5.61. The summed E-state index contributed by atoms with van der Waals surface area (Å²) in [5, 5.41) is 4.56. The van der Waals surface area contributed by atoms with Crippen molar-refractivity contribution in [1.82, 2.24) is 9.78 Å². The minimum atomic E-state index is 0.454. The van der Waals surface area contributed by atoms with Crippen LogP contribution in [0.1, 0.15) is 25.0 Å². The molecule has 0 aliphatic rings. The van der Waals surface area contributed by atoms with Gasteiger partial charge in [-0.25, -0.2) is 0 Å². The Morgan fingerprint density at radius 1 is 1.29 bits per heavy atom. The highest BCUT2D eigenvalue weighted by molar-refractivity contribution is 5.59. The Labute approximate surface area is 102 Å². The maximum Gasteiger partial charge on any atom is 0.0926 e. The quantitative estimate of drug-likeness (QED) is 0.875. The summed E-state index contributed by atoms with van der Waals surface area (Å²) in [5.41, 5.74) is 9.05. The number of aromatic nitrogens is 2. The van der Waals surface area contributed by atoms with E-state index in [-0.39, 0.29) is 0 Å². The van der Waals surface area contributed by atoms with Crippen molar-refractivity contribution in [2.24, 2.45) is 12.8 Å². The van der Waals surface area contributed by atoms with E-state index in [1.807, 2.05) is 29.9 Å². The van der Waals surface area contributed by atoms with E-state index in [4.69, 9.17) is 5.73 Å². The summed E-state index contributed by atoms with van der Waals surface area (Å²) < 4.78 is 1.96. The molecule has 3 heteroatoms. The Kier molecular flexibility index (Phi) is 3.59. The van der Waals surface area contributed by atoms with Crippen molar-refractivity contribution in [3.63, 3.8) is 0 Å². The van der Waals surface area contributed by atoms with Crippen LogP contribution in [-0.4, -0.2) is 16.3 Å². The van der Waals surface area contributed by atoms with Crippen LogP contribution < -0.4 is 5.73 Å². The smallest absolute Gasteiger partial charge is 0.0926 e. The monoisotopic (exact) mass is 229 g/mol. The molecule has 0 aliphatic heterocycles. The molecular formula is C14H19N3. The molecule has 1 unspecified atom stereocenters. The number of aryl methyl sites for hydroxylation is 1. The van der Waals surface area contributed by atoms with Crippen LogP contribution in [0.5, 0.6) is 0 Å². The molecule has 1 aromatic heterocycles. The highest BCUT2D eigenvalue weighted by Gasteiger charge is 2.12. The summed E-state index contributed by atoms with van der Waals surface area (Å²) in [7, 11) is 1.99. The summed E-state index contributed by atoms with van der Waals surface area (Å²) in [6, 6.07) is 12.4. The van der Waals surface area contributed by atoms with Gasteiger partial charge >= 0.3 is 0 Å². The largest absolute Gasteiger partial charge is 0.330 e. The normalized spacial score (nSPS) is 12.6. The van der Waals surface area contributed by atoms with E-state index >= 15 is 0 Å². The second-order valence-electron chi connectivity index (χ2n) is 4.42. The molecular weight excluding hydrogens is 210 g/mol. The van der Waals surface area contributed by atoms with Crippen LogP contribution in [-0.2, 0) is 7.05 Å². The summed E-state index contributed by atoms with van der Waals surface area (Å²) in [6.45, 7) is 2.91. The summed E-state index contributed by atoms with van der Waals surface area (Å²) >= 11 is 0. The number of hydrogen-bond donors (Lipinski definition) is 1. The van der Waals surface area contributed by atoms with Crippen LogP contribution in [0.2, 0.25) is 0 Å². The topological polar surface area (TPSA) is 43.8 Å². The Balaban J connectivity index is 2.31. The number of nitrogens with two attached hydrogens (primary N) is 1. The van der Waals surface area contributed by atoms with Gasteiger partial charge in [-0.2, -0.15) is 5.10 Å². The third-order valence-electron chi connectivity index (χ3n) is 3.09. The Bertz CT molecular complexity index is 473. The third kappa shape index (κ3) is 2.56. The van der Waals surface area contributed by atoms with Crippen LogP contribution in [0.3, 0.4) is 0 Å². The van der Waals surface area contributed by atoms with Gasteiger partial charge in [-0.05, 0) is 24.9 Å². The predicted octanol–water partition coefficient (Wildman–Crippen LogP) is 2.54. The molecule has 0 saturated heterocycles. The predicted molar refractivity (Wildman–Crippen MR) is 70.7 cm³/mol. The van der Waals surface area contributed by atoms with Gasteiger partial charge in [-0.3, -0.25) is 4.68 Å². The first-order valence-electron chi connectivity index (χ1n) is 6.01. The SMILES string of the molecule is CC(CCN)c1cc(-c2ccccc2)nn1C. The van der Waals surface area contributed by atoms with Gasteiger partial charge in [0.25, 0.3) is 0 Å². The van der Waals surface area contributed by atoms with Gasteiger partial charge in [-0.1, -0.05) is 37.3 Å². The van der Waals surface area contributed by atoms with Gasteiger partial charge in [-0.15, -0.1) is 0 Å². The first-order valence-corrected chi connectivity index (χ1v) is 6.01. The minimum Gasteiger partial charge on any atom is -0.330 e. The zero-order valence-corrected chi connectivity index (χ0v) is 10.4. The molecule has 0 aliphatic carbocycles. The Morgan fingerprint density at radius 3 is 2.65 bits per heavy atom. The van der Waals surface area contributed by atoms with E-state index < -0.39 is 0 Å². The second kappa shape index (κ2) is 5.15. The van der Waals surface area contributed by atoms with Crippen LogP contribution in [0.25, 0.3) is 11.3 Å². The summed E-state index contributed by atoms with van der Waals surface area (Å²) in [5.74, 6) is 0.454. The molecule has 2 aromatic rings. The van der Waals surface area contributed by atoms with E-state index in [1.165, 1.54) is 5.69 Å². The first kappa shape index (κ1) is 11.9. The molecule has 1 atom stereocenters. The first-order chi connectivity index (χ1) is 8.22. The standard InChI is InChI=1S/C14H19N3/c1-11(8-9-15)14-10-13(16-17(14)2)12-6-4-3-5-7-12/h3-7,10-11H,8-9,15H2,1-2H3. The van der Waals surface area contributed by atoms with E-state index in [0.29, 0.717) is 12.5 Å². The highest BCUT2D eigenvalue weighted by atomic mass is 15.3. The zero-order valence-electron chi connectivity index (χ0n) is 10.4. The lowest BCUT2D eigenvalue weighted by atomic mass is 10.0. The highest BCUT2D eigenvalue weighted by Crippen LogP contribution is 2.24. The van der Waals surface area contributed by atoms with Crippen molar-refractivity contribution in [1.29, 1.82) is 0 Å². The fraction of sp³-hybridized carbons (Fsp3) is 0.357. The third-order valence-corrected chi connectivity index (χ3v) is 3.09. The molecule has 0 fully saturated rings. The number of benzene rings is 1. The van der Waals surface area contributed by atoms with Crippen molar-refractivity contribution in [3.8, 4) is 11.3 Å². The van der Waals surface area contributed by atoms with Crippen LogP contribution in [0.4, 0.5) is 0 Å². The van der Waals surface area contributed by atoms with Crippen molar-refractivity contribution < 1.29 is 0 Å². The average molecular weight is 229 g/mol. The van der Waals surface area contributed by atoms with Gasteiger partial charge in [0.1, 0.15) is 0 Å². The Hall–Kier alpha value is -1.61. The Morgan fingerprint density at radius 2 is 2.00 bits per heavy atom. The van der Waals surface area contributed by atoms with Gasteiger partial charge in [0.15, 0.2) is 0 Å². The fourth-order valence-corrected chi connectivity index (χ4v) is 2.09.